The highest BCUT2D eigenvalue weighted by Crippen LogP contribution is 2.22. The van der Waals surface area contributed by atoms with Crippen LogP contribution in [0.2, 0.25) is 0 Å². The van der Waals surface area contributed by atoms with Crippen molar-refractivity contribution >= 4 is 5.91 Å². The van der Waals surface area contributed by atoms with Gasteiger partial charge < -0.3 is 14.6 Å². The van der Waals surface area contributed by atoms with Gasteiger partial charge in [-0.05, 0) is 11.6 Å². The number of nitrogens with zero attached hydrogens (tertiary/aromatic N) is 3. The monoisotopic (exact) mass is 378 g/mol. The molecule has 1 saturated heterocycles. The first-order chi connectivity index (χ1) is 13.8. The number of ether oxygens (including phenoxy) is 1. The van der Waals surface area contributed by atoms with Crippen LogP contribution < -0.4 is 5.32 Å². The van der Waals surface area contributed by atoms with Gasteiger partial charge in [0, 0.05) is 43.7 Å². The molecule has 1 fully saturated rings. The second kappa shape index (κ2) is 8.77. The third-order valence-electron chi connectivity index (χ3n) is 4.81. The maximum atomic E-state index is 12.6. The summed E-state index contributed by atoms with van der Waals surface area (Å²) >= 11 is 0. The molecule has 1 unspecified atom stereocenters. The number of nitrogens with one attached hydrogen (secondary N) is 1. The van der Waals surface area contributed by atoms with Crippen LogP contribution >= 0.6 is 0 Å². The lowest BCUT2D eigenvalue weighted by Crippen LogP contribution is -2.43. The van der Waals surface area contributed by atoms with Gasteiger partial charge >= 0.3 is 0 Å². The fraction of sp³-hybridized carbons (Fsp3) is 0.286. The molecule has 0 spiro atoms. The van der Waals surface area contributed by atoms with E-state index in [-0.39, 0.29) is 17.6 Å². The van der Waals surface area contributed by atoms with Crippen molar-refractivity contribution in [1.29, 1.82) is 0 Å². The van der Waals surface area contributed by atoms with Gasteiger partial charge in [-0.2, -0.15) is 0 Å². The average molecular weight is 378 g/mol. The zero-order chi connectivity index (χ0) is 19.2. The molecule has 1 aliphatic heterocycles. The Morgan fingerprint density at radius 3 is 2.71 bits per heavy atom. The first-order valence-corrected chi connectivity index (χ1v) is 9.33. The van der Waals surface area contributed by atoms with E-state index in [2.05, 4.69) is 20.4 Å². The number of benzene rings is 1. The Bertz CT molecular complexity index is 892. The van der Waals surface area contributed by atoms with Gasteiger partial charge in [0.05, 0.1) is 19.3 Å². The minimum absolute atomic E-state index is 0.0297. The van der Waals surface area contributed by atoms with E-state index in [1.165, 1.54) is 0 Å². The van der Waals surface area contributed by atoms with Crippen LogP contribution in [0, 0.1) is 0 Å². The number of amides is 1. The SMILES string of the molecule is O=C(NCC(c1cccnc1)N1CCOCC1)c1cc(-c2ccccc2)on1. The van der Waals surface area contributed by atoms with E-state index in [0.717, 1.165) is 24.2 Å². The number of rotatable bonds is 6. The minimum atomic E-state index is -0.256. The number of carbonyl (C=O) groups is 1. The summed E-state index contributed by atoms with van der Waals surface area (Å²) in [6, 6.07) is 15.2. The van der Waals surface area contributed by atoms with Gasteiger partial charge in [0.15, 0.2) is 11.5 Å². The van der Waals surface area contributed by atoms with E-state index < -0.39 is 0 Å². The number of pyridine rings is 1. The molecule has 144 valence electrons. The van der Waals surface area contributed by atoms with Crippen LogP contribution in [0.15, 0.2) is 65.4 Å². The molecule has 3 heterocycles. The number of morpholine rings is 1. The highest BCUT2D eigenvalue weighted by atomic mass is 16.5. The second-order valence-corrected chi connectivity index (χ2v) is 6.60. The molecule has 4 rings (SSSR count). The lowest BCUT2D eigenvalue weighted by Gasteiger charge is -2.34. The summed E-state index contributed by atoms with van der Waals surface area (Å²) in [6.07, 6.45) is 3.59. The van der Waals surface area contributed by atoms with Crippen LogP contribution in [0.3, 0.4) is 0 Å². The van der Waals surface area contributed by atoms with Gasteiger partial charge in [0.1, 0.15) is 0 Å². The Kier molecular flexibility index (Phi) is 5.75. The summed E-state index contributed by atoms with van der Waals surface area (Å²) in [7, 11) is 0. The molecule has 7 nitrogen and oxygen atoms in total. The molecule has 1 atom stereocenters. The average Bonchev–Trinajstić information content (AvgIpc) is 3.26. The van der Waals surface area contributed by atoms with Gasteiger partial charge in [-0.25, -0.2) is 0 Å². The molecule has 0 aliphatic carbocycles. The highest BCUT2D eigenvalue weighted by Gasteiger charge is 2.24. The zero-order valence-corrected chi connectivity index (χ0v) is 15.5. The fourth-order valence-corrected chi connectivity index (χ4v) is 3.32. The van der Waals surface area contributed by atoms with Crippen LogP contribution in [0.1, 0.15) is 22.1 Å². The lowest BCUT2D eigenvalue weighted by molar-refractivity contribution is 0.0161. The maximum absolute atomic E-state index is 12.6. The van der Waals surface area contributed by atoms with E-state index >= 15 is 0 Å². The van der Waals surface area contributed by atoms with Gasteiger partial charge in [-0.1, -0.05) is 41.6 Å². The molecular weight excluding hydrogens is 356 g/mol. The summed E-state index contributed by atoms with van der Waals surface area (Å²) in [5.74, 6) is 0.316. The standard InChI is InChI=1S/C21H22N4O3/c26-21(18-13-20(28-24-18)16-5-2-1-3-6-16)23-15-19(17-7-4-8-22-14-17)25-9-11-27-12-10-25/h1-8,13-14,19H,9-12,15H2,(H,23,26). The first kappa shape index (κ1) is 18.3. The number of hydrogen-bond donors (Lipinski definition) is 1. The molecule has 1 aliphatic rings. The molecule has 1 aromatic carbocycles. The predicted octanol–water partition coefficient (Wildman–Crippen LogP) is 2.54. The molecule has 28 heavy (non-hydrogen) atoms. The quantitative estimate of drug-likeness (QED) is 0.710. The Balaban J connectivity index is 1.45. The van der Waals surface area contributed by atoms with Crippen LogP contribution in [-0.2, 0) is 4.74 Å². The van der Waals surface area contributed by atoms with Crippen molar-refractivity contribution in [2.24, 2.45) is 0 Å². The van der Waals surface area contributed by atoms with Crippen LogP contribution in [-0.4, -0.2) is 53.8 Å². The minimum Gasteiger partial charge on any atom is -0.379 e. The molecule has 1 N–H and O–H groups in total. The predicted molar refractivity (Wildman–Crippen MR) is 104 cm³/mol. The number of carbonyl (C=O) groups excluding carboxylic acids is 1. The summed E-state index contributed by atoms with van der Waals surface area (Å²) in [5.41, 5.74) is 2.22. The molecule has 0 bridgehead atoms. The Hall–Kier alpha value is -3.03. The fourth-order valence-electron chi connectivity index (χ4n) is 3.32. The second-order valence-electron chi connectivity index (χ2n) is 6.60. The molecule has 1 amide bonds. The van der Waals surface area contributed by atoms with Gasteiger partial charge in [0.2, 0.25) is 0 Å². The van der Waals surface area contributed by atoms with Crippen LogP contribution in [0.5, 0.6) is 0 Å². The summed E-state index contributed by atoms with van der Waals surface area (Å²) < 4.78 is 10.8. The van der Waals surface area contributed by atoms with Crippen molar-refractivity contribution in [2.75, 3.05) is 32.8 Å². The van der Waals surface area contributed by atoms with Crippen molar-refractivity contribution < 1.29 is 14.1 Å². The Morgan fingerprint density at radius 1 is 1.14 bits per heavy atom. The topological polar surface area (TPSA) is 80.5 Å². The molecule has 3 aromatic rings. The van der Waals surface area contributed by atoms with Crippen molar-refractivity contribution in [1.82, 2.24) is 20.4 Å². The van der Waals surface area contributed by atoms with E-state index in [4.69, 9.17) is 9.26 Å². The van der Waals surface area contributed by atoms with Crippen LogP contribution in [0.4, 0.5) is 0 Å². The number of aromatic nitrogens is 2. The summed E-state index contributed by atoms with van der Waals surface area (Å²) in [5, 5.41) is 6.91. The lowest BCUT2D eigenvalue weighted by atomic mass is 10.1. The smallest absolute Gasteiger partial charge is 0.273 e. The maximum Gasteiger partial charge on any atom is 0.273 e. The molecular formula is C21H22N4O3. The first-order valence-electron chi connectivity index (χ1n) is 9.33. The van der Waals surface area contributed by atoms with E-state index in [9.17, 15) is 4.79 Å². The molecule has 0 radical (unpaired) electrons. The molecule has 0 saturated carbocycles. The highest BCUT2D eigenvalue weighted by molar-refractivity contribution is 5.93. The zero-order valence-electron chi connectivity index (χ0n) is 15.5. The van der Waals surface area contributed by atoms with E-state index in [0.29, 0.717) is 25.5 Å². The van der Waals surface area contributed by atoms with Crippen LogP contribution in [0.25, 0.3) is 11.3 Å². The summed E-state index contributed by atoms with van der Waals surface area (Å²) in [6.45, 7) is 3.47. The van der Waals surface area contributed by atoms with Crippen molar-refractivity contribution in [3.05, 3.63) is 72.2 Å². The van der Waals surface area contributed by atoms with Crippen molar-refractivity contribution in [2.45, 2.75) is 6.04 Å². The Labute approximate surface area is 163 Å². The van der Waals surface area contributed by atoms with E-state index in [1.807, 2.05) is 48.7 Å². The van der Waals surface area contributed by atoms with Crippen molar-refractivity contribution in [3.8, 4) is 11.3 Å². The molecule has 7 heteroatoms. The normalized spacial score (nSPS) is 15.9. The largest absolute Gasteiger partial charge is 0.379 e. The van der Waals surface area contributed by atoms with Gasteiger partial charge in [0.25, 0.3) is 5.91 Å². The Morgan fingerprint density at radius 2 is 1.96 bits per heavy atom. The van der Waals surface area contributed by atoms with Crippen molar-refractivity contribution in [3.63, 3.8) is 0 Å². The van der Waals surface area contributed by atoms with E-state index in [1.54, 1.807) is 12.3 Å². The van der Waals surface area contributed by atoms with Gasteiger partial charge in [-0.3, -0.25) is 14.7 Å². The number of hydrogen-bond acceptors (Lipinski definition) is 6. The summed E-state index contributed by atoms with van der Waals surface area (Å²) in [4.78, 5) is 19.1. The third-order valence-corrected chi connectivity index (χ3v) is 4.81. The third kappa shape index (κ3) is 4.27. The molecule has 2 aromatic heterocycles. The van der Waals surface area contributed by atoms with Gasteiger partial charge in [-0.15, -0.1) is 0 Å².